The van der Waals surface area contributed by atoms with Gasteiger partial charge in [-0.05, 0) is 37.8 Å². The Hall–Kier alpha value is -2.67. The summed E-state index contributed by atoms with van der Waals surface area (Å²) < 4.78 is 0. The van der Waals surface area contributed by atoms with Crippen molar-refractivity contribution in [1.82, 2.24) is 15.5 Å². The average Bonchev–Trinajstić information content (AvgIpc) is 2.74. The first-order chi connectivity index (χ1) is 15.9. The van der Waals surface area contributed by atoms with Crippen molar-refractivity contribution in [2.24, 2.45) is 11.3 Å². The Morgan fingerprint density at radius 3 is 1.91 bits per heavy atom. The Morgan fingerprint density at radius 1 is 1.00 bits per heavy atom. The van der Waals surface area contributed by atoms with Gasteiger partial charge in [0.15, 0.2) is 0 Å². The van der Waals surface area contributed by atoms with Gasteiger partial charge in [0, 0.05) is 18.0 Å². The minimum Gasteiger partial charge on any atom is -0.478 e. The Labute approximate surface area is 211 Å². The molecular formula is C28H45N3O4. The molecule has 0 aromatic heterocycles. The third-order valence-electron chi connectivity index (χ3n) is 6.70. The molecule has 3 atom stereocenters. The van der Waals surface area contributed by atoms with Crippen LogP contribution in [-0.4, -0.2) is 60.0 Å². The number of carbonyl (C=O) groups is 3. The molecule has 0 spiro atoms. The number of carbonyl (C=O) groups excluding carboxylic acids is 2. The van der Waals surface area contributed by atoms with Crippen molar-refractivity contribution in [3.8, 4) is 0 Å². The van der Waals surface area contributed by atoms with Crippen LogP contribution in [0.25, 0.3) is 0 Å². The standard InChI is InChI=1S/C28H45N3O4/c1-17(2)21(16-19(4)26(34)35)31(11)25(33)23(27(5,6)7)30-24(32)22(29-10)28(8,9)20-14-12-18(3)13-15-20/h12-17,21-23,29H,1-11H3,(H,30,32)(H,34,35)/t21-,22-,23?/m1/s1. The maximum atomic E-state index is 13.7. The average molecular weight is 488 g/mol. The van der Waals surface area contributed by atoms with E-state index in [1.807, 2.05) is 79.7 Å². The van der Waals surface area contributed by atoms with E-state index in [4.69, 9.17) is 0 Å². The second-order valence-corrected chi connectivity index (χ2v) is 11.5. The number of nitrogens with zero attached hydrogens (tertiary/aromatic N) is 1. The predicted octanol–water partition coefficient (Wildman–Crippen LogP) is 3.91. The summed E-state index contributed by atoms with van der Waals surface area (Å²) in [7, 11) is 3.41. The first kappa shape index (κ1) is 30.4. The van der Waals surface area contributed by atoms with Crippen molar-refractivity contribution < 1.29 is 19.5 Å². The molecule has 0 aliphatic carbocycles. The van der Waals surface area contributed by atoms with E-state index < -0.39 is 34.9 Å². The van der Waals surface area contributed by atoms with E-state index in [0.717, 1.165) is 11.1 Å². The van der Waals surface area contributed by atoms with E-state index in [9.17, 15) is 19.5 Å². The zero-order valence-corrected chi connectivity index (χ0v) is 23.3. The van der Waals surface area contributed by atoms with E-state index >= 15 is 0 Å². The molecule has 0 radical (unpaired) electrons. The van der Waals surface area contributed by atoms with Gasteiger partial charge in [-0.1, -0.05) is 84.4 Å². The highest BCUT2D eigenvalue weighted by atomic mass is 16.4. The summed E-state index contributed by atoms with van der Waals surface area (Å²) >= 11 is 0. The molecule has 0 fully saturated rings. The first-order valence-electron chi connectivity index (χ1n) is 12.2. The van der Waals surface area contributed by atoms with Crippen LogP contribution in [0.3, 0.4) is 0 Å². The summed E-state index contributed by atoms with van der Waals surface area (Å²) in [6.45, 7) is 17.2. The van der Waals surface area contributed by atoms with Crippen molar-refractivity contribution >= 4 is 17.8 Å². The number of benzene rings is 1. The highest BCUT2D eigenvalue weighted by molar-refractivity contribution is 5.91. The molecule has 0 saturated carbocycles. The van der Waals surface area contributed by atoms with Gasteiger partial charge >= 0.3 is 5.97 Å². The molecule has 2 amide bonds. The lowest BCUT2D eigenvalue weighted by molar-refractivity contribution is -0.141. The molecule has 7 nitrogen and oxygen atoms in total. The minimum atomic E-state index is -1.02. The summed E-state index contributed by atoms with van der Waals surface area (Å²) in [6.07, 6.45) is 1.60. The van der Waals surface area contributed by atoms with Crippen LogP contribution in [0.4, 0.5) is 0 Å². The molecule has 0 heterocycles. The molecule has 0 saturated heterocycles. The Bertz CT molecular complexity index is 927. The van der Waals surface area contributed by atoms with Gasteiger partial charge in [0.2, 0.25) is 11.8 Å². The SMILES string of the molecule is CN[C@H](C(=O)NC(C(=O)N(C)[C@H](C=C(C)C(=O)O)C(C)C)C(C)(C)C)C(C)(C)c1ccc(C)cc1. The number of aryl methyl sites for hydroxylation is 1. The van der Waals surface area contributed by atoms with E-state index in [1.165, 1.54) is 6.92 Å². The molecule has 1 unspecified atom stereocenters. The summed E-state index contributed by atoms with van der Waals surface area (Å²) in [6, 6.07) is 6.29. The number of aliphatic carboxylic acids is 1. The molecule has 3 N–H and O–H groups in total. The lowest BCUT2D eigenvalue weighted by Crippen LogP contribution is -2.61. The van der Waals surface area contributed by atoms with Gasteiger partial charge < -0.3 is 20.6 Å². The van der Waals surface area contributed by atoms with Crippen LogP contribution in [0.2, 0.25) is 0 Å². The zero-order chi connectivity index (χ0) is 27.3. The van der Waals surface area contributed by atoms with Crippen molar-refractivity contribution in [3.63, 3.8) is 0 Å². The van der Waals surface area contributed by atoms with Crippen LogP contribution in [0.5, 0.6) is 0 Å². The number of hydrogen-bond acceptors (Lipinski definition) is 4. The maximum Gasteiger partial charge on any atom is 0.331 e. The van der Waals surface area contributed by atoms with Crippen LogP contribution >= 0.6 is 0 Å². The topological polar surface area (TPSA) is 98.7 Å². The molecule has 0 aliphatic rings. The number of rotatable bonds is 10. The molecular weight excluding hydrogens is 442 g/mol. The van der Waals surface area contributed by atoms with Crippen molar-refractivity contribution in [1.29, 1.82) is 0 Å². The molecule has 7 heteroatoms. The molecule has 0 bridgehead atoms. The maximum absolute atomic E-state index is 13.7. The van der Waals surface area contributed by atoms with Gasteiger partial charge in [0.1, 0.15) is 6.04 Å². The summed E-state index contributed by atoms with van der Waals surface area (Å²) in [5.74, 6) is -1.56. The Morgan fingerprint density at radius 2 is 1.51 bits per heavy atom. The fraction of sp³-hybridized carbons (Fsp3) is 0.607. The number of amides is 2. The summed E-state index contributed by atoms with van der Waals surface area (Å²) in [5.41, 5.74) is 1.23. The summed E-state index contributed by atoms with van der Waals surface area (Å²) in [5, 5.41) is 15.5. The lowest BCUT2D eigenvalue weighted by Gasteiger charge is -2.40. The van der Waals surface area contributed by atoms with Gasteiger partial charge in [-0.3, -0.25) is 9.59 Å². The Balaban J connectivity index is 3.30. The zero-order valence-electron chi connectivity index (χ0n) is 23.3. The molecule has 1 aromatic carbocycles. The predicted molar refractivity (Wildman–Crippen MR) is 141 cm³/mol. The largest absolute Gasteiger partial charge is 0.478 e. The van der Waals surface area contributed by atoms with Crippen LogP contribution in [0.1, 0.15) is 66.5 Å². The van der Waals surface area contributed by atoms with Gasteiger partial charge in [0.25, 0.3) is 0 Å². The van der Waals surface area contributed by atoms with Gasteiger partial charge in [0.05, 0.1) is 12.1 Å². The van der Waals surface area contributed by atoms with E-state index in [2.05, 4.69) is 10.6 Å². The molecule has 1 aromatic rings. The lowest BCUT2D eigenvalue weighted by atomic mass is 9.76. The number of carboxylic acid groups (broad SMARTS) is 1. The number of carboxylic acids is 1. The number of nitrogens with one attached hydrogen (secondary N) is 2. The van der Waals surface area contributed by atoms with Gasteiger partial charge in [-0.15, -0.1) is 0 Å². The van der Waals surface area contributed by atoms with Crippen molar-refractivity contribution in [3.05, 3.63) is 47.0 Å². The number of likely N-dealkylation sites (N-methyl/N-ethyl adjacent to an activating group) is 2. The summed E-state index contributed by atoms with van der Waals surface area (Å²) in [4.78, 5) is 40.2. The second-order valence-electron chi connectivity index (χ2n) is 11.5. The Kier molecular flexibility index (Phi) is 10.3. The quantitative estimate of drug-likeness (QED) is 0.435. The van der Waals surface area contributed by atoms with Crippen LogP contribution in [-0.2, 0) is 19.8 Å². The molecule has 0 aliphatic heterocycles. The van der Waals surface area contributed by atoms with E-state index in [1.54, 1.807) is 25.1 Å². The normalized spacial score (nSPS) is 15.4. The van der Waals surface area contributed by atoms with Gasteiger partial charge in [-0.2, -0.15) is 0 Å². The van der Waals surface area contributed by atoms with Crippen LogP contribution < -0.4 is 10.6 Å². The second kappa shape index (κ2) is 11.8. The fourth-order valence-electron chi connectivity index (χ4n) is 4.27. The molecule has 196 valence electrons. The van der Waals surface area contributed by atoms with Crippen molar-refractivity contribution in [2.75, 3.05) is 14.1 Å². The third kappa shape index (κ3) is 7.66. The minimum absolute atomic E-state index is 0.0138. The van der Waals surface area contributed by atoms with Crippen molar-refractivity contribution in [2.45, 2.75) is 85.9 Å². The number of hydrogen-bond donors (Lipinski definition) is 3. The highest BCUT2D eigenvalue weighted by Gasteiger charge is 2.41. The monoisotopic (exact) mass is 487 g/mol. The smallest absolute Gasteiger partial charge is 0.331 e. The van der Waals surface area contributed by atoms with E-state index in [-0.39, 0.29) is 23.3 Å². The highest BCUT2D eigenvalue weighted by Crippen LogP contribution is 2.29. The molecule has 35 heavy (non-hydrogen) atoms. The fourth-order valence-corrected chi connectivity index (χ4v) is 4.27. The molecule has 1 rings (SSSR count). The third-order valence-corrected chi connectivity index (χ3v) is 6.70. The first-order valence-corrected chi connectivity index (χ1v) is 12.2. The van der Waals surface area contributed by atoms with E-state index in [0.29, 0.717) is 0 Å². The van der Waals surface area contributed by atoms with Crippen LogP contribution in [0, 0.1) is 18.3 Å². The van der Waals surface area contributed by atoms with Crippen LogP contribution in [0.15, 0.2) is 35.9 Å². The van der Waals surface area contributed by atoms with Gasteiger partial charge in [-0.25, -0.2) is 4.79 Å².